The van der Waals surface area contributed by atoms with Crippen LogP contribution in [0.2, 0.25) is 5.02 Å². The van der Waals surface area contributed by atoms with Crippen LogP contribution in [0.1, 0.15) is 31.2 Å². The van der Waals surface area contributed by atoms with Crippen LogP contribution in [0.4, 0.5) is 0 Å². The molecule has 2 N–H and O–H groups in total. The molecular weight excluding hydrogens is 322 g/mol. The van der Waals surface area contributed by atoms with Gasteiger partial charge in [-0.05, 0) is 54.9 Å². The molecular formula is C16H20ClNO3S. The molecule has 0 atom stereocenters. The molecule has 0 bridgehead atoms. The number of benzene rings is 1. The number of amides is 1. The number of rotatable bonds is 6. The minimum absolute atomic E-state index is 0.178. The van der Waals surface area contributed by atoms with Crippen molar-refractivity contribution < 1.29 is 14.7 Å². The third-order valence-corrected chi connectivity index (χ3v) is 5.15. The summed E-state index contributed by atoms with van der Waals surface area (Å²) < 4.78 is 0. The molecule has 6 heteroatoms. The van der Waals surface area contributed by atoms with Gasteiger partial charge in [0.2, 0.25) is 5.91 Å². The number of carboxylic acid groups (broad SMARTS) is 1. The molecule has 1 aliphatic rings. The highest BCUT2D eigenvalue weighted by atomic mass is 35.5. The first-order chi connectivity index (χ1) is 10.5. The summed E-state index contributed by atoms with van der Waals surface area (Å²) in [5, 5.41) is 12.9. The first-order valence-electron chi connectivity index (χ1n) is 7.38. The van der Waals surface area contributed by atoms with E-state index >= 15 is 0 Å². The number of aliphatic carboxylic acids is 1. The maximum absolute atomic E-state index is 12.1. The number of hydrogen-bond acceptors (Lipinski definition) is 3. The van der Waals surface area contributed by atoms with Gasteiger partial charge < -0.3 is 10.4 Å². The molecule has 0 saturated carbocycles. The van der Waals surface area contributed by atoms with Crippen LogP contribution >= 0.6 is 23.4 Å². The van der Waals surface area contributed by atoms with Gasteiger partial charge in [-0.2, -0.15) is 11.8 Å². The number of halogens is 1. The van der Waals surface area contributed by atoms with E-state index in [9.17, 15) is 14.7 Å². The summed E-state index contributed by atoms with van der Waals surface area (Å²) in [6, 6.07) is 7.54. The van der Waals surface area contributed by atoms with E-state index in [0.29, 0.717) is 30.7 Å². The Labute approximate surface area is 139 Å². The number of hydrogen-bond donors (Lipinski definition) is 2. The van der Waals surface area contributed by atoms with Crippen LogP contribution in [0, 0.1) is 0 Å². The highest BCUT2D eigenvalue weighted by Crippen LogP contribution is 2.27. The van der Waals surface area contributed by atoms with E-state index in [1.165, 1.54) is 0 Å². The second-order valence-corrected chi connectivity index (χ2v) is 7.19. The maximum atomic E-state index is 12.1. The fourth-order valence-corrected chi connectivity index (χ4v) is 3.86. The van der Waals surface area contributed by atoms with Crippen LogP contribution in [0.25, 0.3) is 0 Å². The first-order valence-corrected chi connectivity index (χ1v) is 8.92. The van der Waals surface area contributed by atoms with Crippen LogP contribution in [-0.4, -0.2) is 34.0 Å². The molecule has 0 unspecified atom stereocenters. The Balaban J connectivity index is 1.81. The van der Waals surface area contributed by atoms with E-state index in [-0.39, 0.29) is 5.91 Å². The molecule has 0 spiro atoms. The molecule has 0 aliphatic carbocycles. The zero-order valence-electron chi connectivity index (χ0n) is 12.3. The quantitative estimate of drug-likeness (QED) is 0.834. The van der Waals surface area contributed by atoms with E-state index in [0.717, 1.165) is 23.5 Å². The fourth-order valence-electron chi connectivity index (χ4n) is 2.55. The van der Waals surface area contributed by atoms with Crippen molar-refractivity contribution in [2.75, 3.05) is 11.5 Å². The molecule has 1 aromatic carbocycles. The van der Waals surface area contributed by atoms with Gasteiger partial charge in [0.05, 0.1) is 0 Å². The van der Waals surface area contributed by atoms with Gasteiger partial charge in [0.1, 0.15) is 5.54 Å². The summed E-state index contributed by atoms with van der Waals surface area (Å²) >= 11 is 7.56. The van der Waals surface area contributed by atoms with Crippen molar-refractivity contribution in [3.8, 4) is 0 Å². The van der Waals surface area contributed by atoms with E-state index in [4.69, 9.17) is 11.6 Å². The highest BCUT2D eigenvalue weighted by molar-refractivity contribution is 7.99. The van der Waals surface area contributed by atoms with Crippen molar-refractivity contribution in [3.05, 3.63) is 34.9 Å². The lowest BCUT2D eigenvalue weighted by atomic mass is 9.92. The third-order valence-electron chi connectivity index (χ3n) is 3.92. The molecule has 1 aromatic rings. The van der Waals surface area contributed by atoms with Gasteiger partial charge >= 0.3 is 5.97 Å². The second kappa shape index (κ2) is 7.88. The Morgan fingerprint density at radius 1 is 1.23 bits per heavy atom. The summed E-state index contributed by atoms with van der Waals surface area (Å²) in [6.45, 7) is 0. The third kappa shape index (κ3) is 4.65. The van der Waals surface area contributed by atoms with E-state index < -0.39 is 11.5 Å². The van der Waals surface area contributed by atoms with Crippen molar-refractivity contribution in [2.45, 2.75) is 37.6 Å². The number of carbonyl (C=O) groups is 2. The van der Waals surface area contributed by atoms with E-state index in [1.54, 1.807) is 11.8 Å². The number of aryl methyl sites for hydroxylation is 1. The average molecular weight is 342 g/mol. The summed E-state index contributed by atoms with van der Waals surface area (Å²) in [7, 11) is 0. The van der Waals surface area contributed by atoms with Crippen LogP contribution in [0.3, 0.4) is 0 Å². The minimum Gasteiger partial charge on any atom is -0.480 e. The number of thioether (sulfide) groups is 1. The highest BCUT2D eigenvalue weighted by Gasteiger charge is 2.40. The molecule has 22 heavy (non-hydrogen) atoms. The molecule has 1 amide bonds. The Kier molecular flexibility index (Phi) is 6.15. The standard InChI is InChI=1S/C16H20ClNO3S/c17-13-6-4-12(5-7-13)2-1-3-14(19)18-16(15(20)21)8-10-22-11-9-16/h4-7H,1-3,8-11H2,(H,18,19)(H,20,21). The SMILES string of the molecule is O=C(CCCc1ccc(Cl)cc1)NC1(C(=O)O)CCSCC1. The normalized spacial score (nSPS) is 17.0. The monoisotopic (exact) mass is 341 g/mol. The van der Waals surface area contributed by atoms with Gasteiger partial charge in [-0.3, -0.25) is 4.79 Å². The molecule has 0 aromatic heterocycles. The first kappa shape index (κ1) is 17.2. The van der Waals surface area contributed by atoms with Crippen molar-refractivity contribution in [1.82, 2.24) is 5.32 Å². The van der Waals surface area contributed by atoms with E-state index in [2.05, 4.69) is 5.32 Å². The number of carboxylic acids is 1. The van der Waals surface area contributed by atoms with E-state index in [1.807, 2.05) is 24.3 Å². The zero-order chi connectivity index (χ0) is 16.0. The van der Waals surface area contributed by atoms with Crippen LogP contribution in [0.15, 0.2) is 24.3 Å². The van der Waals surface area contributed by atoms with Crippen molar-refractivity contribution in [3.63, 3.8) is 0 Å². The van der Waals surface area contributed by atoms with Gasteiger partial charge in [0, 0.05) is 11.4 Å². The Morgan fingerprint density at radius 2 is 1.86 bits per heavy atom. The zero-order valence-corrected chi connectivity index (χ0v) is 13.9. The Morgan fingerprint density at radius 3 is 2.45 bits per heavy atom. The second-order valence-electron chi connectivity index (χ2n) is 5.53. The van der Waals surface area contributed by atoms with Gasteiger partial charge in [0.15, 0.2) is 0 Å². The lowest BCUT2D eigenvalue weighted by Gasteiger charge is -2.33. The van der Waals surface area contributed by atoms with Crippen LogP contribution in [-0.2, 0) is 16.0 Å². The molecule has 1 fully saturated rings. The van der Waals surface area contributed by atoms with Crippen molar-refractivity contribution >= 4 is 35.2 Å². The minimum atomic E-state index is -1.07. The predicted molar refractivity (Wildman–Crippen MR) is 89.5 cm³/mol. The fraction of sp³-hybridized carbons (Fsp3) is 0.500. The van der Waals surface area contributed by atoms with Crippen molar-refractivity contribution in [1.29, 1.82) is 0 Å². The number of nitrogens with one attached hydrogen (secondary N) is 1. The average Bonchev–Trinajstić information content (AvgIpc) is 2.50. The molecule has 1 heterocycles. The Hall–Kier alpha value is -1.20. The van der Waals surface area contributed by atoms with Gasteiger partial charge in [-0.15, -0.1) is 0 Å². The van der Waals surface area contributed by atoms with Gasteiger partial charge in [-0.1, -0.05) is 23.7 Å². The summed E-state index contributed by atoms with van der Waals surface area (Å²) in [5.41, 5.74) is 0.0574. The molecule has 4 nitrogen and oxygen atoms in total. The number of carbonyl (C=O) groups excluding carboxylic acids is 1. The Bertz CT molecular complexity index is 527. The van der Waals surface area contributed by atoms with Crippen LogP contribution in [0.5, 0.6) is 0 Å². The molecule has 1 aliphatic heterocycles. The predicted octanol–water partition coefficient (Wildman–Crippen LogP) is 3.13. The molecule has 120 valence electrons. The lowest BCUT2D eigenvalue weighted by molar-refractivity contribution is -0.148. The molecule has 2 rings (SSSR count). The topological polar surface area (TPSA) is 66.4 Å². The van der Waals surface area contributed by atoms with Crippen LogP contribution < -0.4 is 5.32 Å². The molecule has 1 saturated heterocycles. The summed E-state index contributed by atoms with van der Waals surface area (Å²) in [5.74, 6) is 0.455. The molecule has 0 radical (unpaired) electrons. The summed E-state index contributed by atoms with van der Waals surface area (Å²) in [4.78, 5) is 23.6. The maximum Gasteiger partial charge on any atom is 0.329 e. The summed E-state index contributed by atoms with van der Waals surface area (Å²) in [6.07, 6.45) is 2.80. The van der Waals surface area contributed by atoms with Gasteiger partial charge in [-0.25, -0.2) is 4.79 Å². The van der Waals surface area contributed by atoms with Crippen molar-refractivity contribution in [2.24, 2.45) is 0 Å². The largest absolute Gasteiger partial charge is 0.480 e. The smallest absolute Gasteiger partial charge is 0.329 e. The lowest BCUT2D eigenvalue weighted by Crippen LogP contribution is -2.56. The van der Waals surface area contributed by atoms with Gasteiger partial charge in [0.25, 0.3) is 0 Å².